The number of carbonyl (C=O) groups is 1. The molecule has 0 saturated heterocycles. The number of anilines is 1. The van der Waals surface area contributed by atoms with Gasteiger partial charge in [-0.25, -0.2) is 14.4 Å². The molecule has 0 fully saturated rings. The minimum atomic E-state index is -0.357. The Morgan fingerprint density at radius 3 is 2.67 bits per heavy atom. The van der Waals surface area contributed by atoms with Crippen molar-refractivity contribution in [3.8, 4) is 10.6 Å². The number of para-hydroxylation sites is 1. The summed E-state index contributed by atoms with van der Waals surface area (Å²) in [5.41, 5.74) is 3.30. The lowest BCUT2D eigenvalue weighted by Crippen LogP contribution is -2.15. The monoisotopic (exact) mass is 414 g/mol. The molecular weight excluding hydrogens is 399 g/mol. The third-order valence-electron chi connectivity index (χ3n) is 4.76. The van der Waals surface area contributed by atoms with Crippen molar-refractivity contribution in [1.82, 2.24) is 15.0 Å². The van der Waals surface area contributed by atoms with E-state index in [1.165, 1.54) is 12.1 Å². The normalized spacial score (nSPS) is 11.1. The first-order valence-corrected chi connectivity index (χ1v) is 10.1. The van der Waals surface area contributed by atoms with Crippen LogP contribution in [0.4, 0.5) is 10.2 Å². The number of carbonyl (C=O) groups excluding carboxylic acids is 1. The Morgan fingerprint density at radius 1 is 1.00 bits per heavy atom. The summed E-state index contributed by atoms with van der Waals surface area (Å²) >= 11 is 1.60. The fourth-order valence-electron chi connectivity index (χ4n) is 3.24. The number of pyridine rings is 2. The largest absolute Gasteiger partial charge is 0.307 e. The highest BCUT2D eigenvalue weighted by Crippen LogP contribution is 2.30. The summed E-state index contributed by atoms with van der Waals surface area (Å²) in [6, 6.07) is 17.6. The predicted molar refractivity (Wildman–Crippen MR) is 117 cm³/mol. The Kier molecular flexibility index (Phi) is 4.44. The van der Waals surface area contributed by atoms with E-state index in [1.807, 2.05) is 30.3 Å². The van der Waals surface area contributed by atoms with E-state index >= 15 is 0 Å². The number of hydrogen-bond acceptors (Lipinski definition) is 5. The van der Waals surface area contributed by atoms with E-state index in [2.05, 4.69) is 20.3 Å². The van der Waals surface area contributed by atoms with Crippen LogP contribution in [-0.4, -0.2) is 20.9 Å². The maximum atomic E-state index is 13.4. The number of thiazole rings is 1. The number of aromatic nitrogens is 3. The fraction of sp³-hybridized carbons (Fsp3) is 0.0435. The molecule has 3 aromatic heterocycles. The minimum Gasteiger partial charge on any atom is -0.307 e. The molecule has 146 valence electrons. The SMILES string of the molecule is Cc1nc2cc(F)ccc2cc1C(=O)Nc1ccc(-c2nc3ccccc3s2)cn1. The second kappa shape index (κ2) is 7.27. The number of rotatable bonds is 3. The molecular formula is C23H15FN4OS. The quantitative estimate of drug-likeness (QED) is 0.417. The maximum absolute atomic E-state index is 13.4. The summed E-state index contributed by atoms with van der Waals surface area (Å²) in [6.45, 7) is 1.73. The average Bonchev–Trinajstić information content (AvgIpc) is 3.18. The van der Waals surface area contributed by atoms with Gasteiger partial charge in [0.25, 0.3) is 5.91 Å². The molecule has 0 aliphatic heterocycles. The Morgan fingerprint density at radius 2 is 1.87 bits per heavy atom. The van der Waals surface area contributed by atoms with E-state index in [9.17, 15) is 9.18 Å². The highest BCUT2D eigenvalue weighted by molar-refractivity contribution is 7.21. The molecule has 5 aromatic rings. The van der Waals surface area contributed by atoms with Crippen LogP contribution in [-0.2, 0) is 0 Å². The second-order valence-corrected chi connectivity index (χ2v) is 7.86. The molecule has 0 aliphatic rings. The standard InChI is InChI=1S/C23H15FN4OS/c1-13-17(10-14-6-8-16(24)11-19(14)26-13)22(29)28-21-9-7-15(12-25-21)23-27-18-4-2-3-5-20(18)30-23/h2-12H,1H3,(H,25,28,29). The summed E-state index contributed by atoms with van der Waals surface area (Å²) in [5.74, 6) is -0.237. The molecule has 0 atom stereocenters. The van der Waals surface area contributed by atoms with Crippen molar-refractivity contribution in [3.63, 3.8) is 0 Å². The van der Waals surface area contributed by atoms with Gasteiger partial charge < -0.3 is 5.32 Å². The smallest absolute Gasteiger partial charge is 0.258 e. The second-order valence-electron chi connectivity index (χ2n) is 6.83. The number of nitrogens with zero attached hydrogens (tertiary/aromatic N) is 3. The molecule has 5 rings (SSSR count). The van der Waals surface area contributed by atoms with Crippen molar-refractivity contribution >= 4 is 44.2 Å². The minimum absolute atomic E-state index is 0.313. The molecule has 5 nitrogen and oxygen atoms in total. The van der Waals surface area contributed by atoms with Gasteiger partial charge in [0.2, 0.25) is 0 Å². The van der Waals surface area contributed by atoms with E-state index < -0.39 is 0 Å². The van der Waals surface area contributed by atoms with Gasteiger partial charge in [0.1, 0.15) is 16.6 Å². The maximum Gasteiger partial charge on any atom is 0.258 e. The summed E-state index contributed by atoms with van der Waals surface area (Å²) in [5, 5.41) is 4.38. The number of benzene rings is 2. The molecule has 0 aliphatic carbocycles. The Labute approximate surface area is 175 Å². The van der Waals surface area contributed by atoms with Gasteiger partial charge in [-0.2, -0.15) is 0 Å². The van der Waals surface area contributed by atoms with Crippen LogP contribution in [0, 0.1) is 12.7 Å². The first-order chi connectivity index (χ1) is 14.6. The summed E-state index contributed by atoms with van der Waals surface area (Å²) in [6.07, 6.45) is 1.70. The van der Waals surface area contributed by atoms with Gasteiger partial charge >= 0.3 is 0 Å². The number of amides is 1. The van der Waals surface area contributed by atoms with Gasteiger partial charge in [-0.1, -0.05) is 12.1 Å². The van der Waals surface area contributed by atoms with Crippen molar-refractivity contribution < 1.29 is 9.18 Å². The Bertz CT molecular complexity index is 1380. The molecule has 7 heteroatoms. The van der Waals surface area contributed by atoms with Crippen LogP contribution in [0.2, 0.25) is 0 Å². The van der Waals surface area contributed by atoms with E-state index in [0.717, 1.165) is 20.8 Å². The van der Waals surface area contributed by atoms with Gasteiger partial charge in [-0.05, 0) is 49.4 Å². The predicted octanol–water partition coefficient (Wildman–Crippen LogP) is 5.61. The zero-order valence-electron chi connectivity index (χ0n) is 15.9. The Balaban J connectivity index is 1.39. The molecule has 30 heavy (non-hydrogen) atoms. The Hall–Kier alpha value is -3.71. The van der Waals surface area contributed by atoms with Gasteiger partial charge in [0.05, 0.1) is 27.0 Å². The van der Waals surface area contributed by atoms with Crippen molar-refractivity contribution in [1.29, 1.82) is 0 Å². The van der Waals surface area contributed by atoms with Crippen LogP contribution in [0.1, 0.15) is 16.1 Å². The van der Waals surface area contributed by atoms with E-state index in [-0.39, 0.29) is 11.7 Å². The van der Waals surface area contributed by atoms with Crippen LogP contribution < -0.4 is 5.32 Å². The van der Waals surface area contributed by atoms with Crippen molar-refractivity contribution in [3.05, 3.63) is 83.9 Å². The highest BCUT2D eigenvalue weighted by atomic mass is 32.1. The number of halogens is 1. The fourth-order valence-corrected chi connectivity index (χ4v) is 4.20. The van der Waals surface area contributed by atoms with Gasteiger partial charge in [-0.15, -0.1) is 11.3 Å². The van der Waals surface area contributed by atoms with Crippen molar-refractivity contribution in [2.75, 3.05) is 5.32 Å². The molecule has 1 N–H and O–H groups in total. The molecule has 2 aromatic carbocycles. The third kappa shape index (κ3) is 3.40. The summed E-state index contributed by atoms with van der Waals surface area (Å²) < 4.78 is 14.5. The van der Waals surface area contributed by atoms with E-state index in [1.54, 1.807) is 42.7 Å². The number of fused-ring (bicyclic) bond motifs is 2. The van der Waals surface area contributed by atoms with E-state index in [0.29, 0.717) is 28.0 Å². The van der Waals surface area contributed by atoms with E-state index in [4.69, 9.17) is 0 Å². The van der Waals surface area contributed by atoms with Crippen LogP contribution in [0.3, 0.4) is 0 Å². The molecule has 0 saturated carbocycles. The van der Waals surface area contributed by atoms with Crippen LogP contribution in [0.25, 0.3) is 31.7 Å². The lowest BCUT2D eigenvalue weighted by atomic mass is 10.1. The lowest BCUT2D eigenvalue weighted by molar-refractivity contribution is 0.102. The van der Waals surface area contributed by atoms with Crippen molar-refractivity contribution in [2.45, 2.75) is 6.92 Å². The third-order valence-corrected chi connectivity index (χ3v) is 5.85. The number of nitrogens with one attached hydrogen (secondary N) is 1. The molecule has 0 bridgehead atoms. The van der Waals surface area contributed by atoms with Gasteiger partial charge in [-0.3, -0.25) is 9.78 Å². The lowest BCUT2D eigenvalue weighted by Gasteiger charge is -2.09. The zero-order chi connectivity index (χ0) is 20.7. The summed E-state index contributed by atoms with van der Waals surface area (Å²) in [7, 11) is 0. The molecule has 0 radical (unpaired) electrons. The average molecular weight is 414 g/mol. The van der Waals surface area contributed by atoms with Crippen LogP contribution in [0.15, 0.2) is 66.9 Å². The topological polar surface area (TPSA) is 67.8 Å². The highest BCUT2D eigenvalue weighted by Gasteiger charge is 2.13. The molecule has 3 heterocycles. The number of aryl methyl sites for hydroxylation is 1. The zero-order valence-corrected chi connectivity index (χ0v) is 16.7. The van der Waals surface area contributed by atoms with Crippen LogP contribution >= 0.6 is 11.3 Å². The summed E-state index contributed by atoms with van der Waals surface area (Å²) in [4.78, 5) is 26.1. The first kappa shape index (κ1) is 18.3. The van der Waals surface area contributed by atoms with Gasteiger partial charge in [0.15, 0.2) is 0 Å². The molecule has 0 spiro atoms. The molecule has 0 unspecified atom stereocenters. The number of hydrogen-bond donors (Lipinski definition) is 1. The first-order valence-electron chi connectivity index (χ1n) is 9.27. The molecule has 1 amide bonds. The van der Waals surface area contributed by atoms with Gasteiger partial charge in [0, 0.05) is 23.2 Å². The van der Waals surface area contributed by atoms with Crippen molar-refractivity contribution in [2.24, 2.45) is 0 Å². The van der Waals surface area contributed by atoms with Crippen LogP contribution in [0.5, 0.6) is 0 Å².